The fourth-order valence-electron chi connectivity index (χ4n) is 2.98. The number of nitrogens with zero attached hydrogens (tertiary/aromatic N) is 1. The van der Waals surface area contributed by atoms with Crippen LogP contribution in [0.4, 0.5) is 0 Å². The highest BCUT2D eigenvalue weighted by Crippen LogP contribution is 2.21. The molecule has 3 nitrogen and oxygen atoms in total. The molecule has 4 heteroatoms. The van der Waals surface area contributed by atoms with Crippen molar-refractivity contribution in [2.24, 2.45) is 11.7 Å². The Morgan fingerprint density at radius 2 is 2.33 bits per heavy atom. The Morgan fingerprint density at radius 1 is 1.48 bits per heavy atom. The molecule has 21 heavy (non-hydrogen) atoms. The van der Waals surface area contributed by atoms with E-state index >= 15 is 0 Å². The molecule has 1 heterocycles. The standard InChI is InChI=1S/C17H26N2OS/c1-2-5-14-8-10-19(13-14)9-4-11-20-16-7-3-6-15(12-16)17(18)21/h3,6-7,12,14H,2,4-5,8-11,13H2,1H3,(H2,18,21). The largest absolute Gasteiger partial charge is 0.494 e. The number of likely N-dealkylation sites (tertiary alicyclic amines) is 1. The lowest BCUT2D eigenvalue weighted by atomic mass is 10.0. The van der Waals surface area contributed by atoms with Crippen LogP contribution in [0.5, 0.6) is 5.75 Å². The summed E-state index contributed by atoms with van der Waals surface area (Å²) in [4.78, 5) is 2.98. The van der Waals surface area contributed by atoms with Crippen molar-refractivity contribution in [3.8, 4) is 5.75 Å². The second kappa shape index (κ2) is 8.35. The van der Waals surface area contributed by atoms with Gasteiger partial charge in [0.2, 0.25) is 0 Å². The topological polar surface area (TPSA) is 38.5 Å². The van der Waals surface area contributed by atoms with E-state index in [9.17, 15) is 0 Å². The maximum Gasteiger partial charge on any atom is 0.119 e. The van der Waals surface area contributed by atoms with Gasteiger partial charge in [0.15, 0.2) is 0 Å². The summed E-state index contributed by atoms with van der Waals surface area (Å²) in [5.74, 6) is 1.77. The van der Waals surface area contributed by atoms with E-state index < -0.39 is 0 Å². The van der Waals surface area contributed by atoms with Gasteiger partial charge >= 0.3 is 0 Å². The predicted octanol–water partition coefficient (Wildman–Crippen LogP) is 3.21. The smallest absolute Gasteiger partial charge is 0.119 e. The van der Waals surface area contributed by atoms with Gasteiger partial charge in [0.25, 0.3) is 0 Å². The summed E-state index contributed by atoms with van der Waals surface area (Å²) in [6.45, 7) is 6.68. The third kappa shape index (κ3) is 5.29. The Hall–Kier alpha value is -1.13. The summed E-state index contributed by atoms with van der Waals surface area (Å²) in [6.07, 6.45) is 5.11. The average Bonchev–Trinajstić information content (AvgIpc) is 2.92. The number of hydrogen-bond donors (Lipinski definition) is 1. The van der Waals surface area contributed by atoms with E-state index in [2.05, 4.69) is 11.8 Å². The molecule has 116 valence electrons. The lowest BCUT2D eigenvalue weighted by Gasteiger charge is -2.16. The molecule has 1 aromatic carbocycles. The molecule has 0 bridgehead atoms. The second-order valence-electron chi connectivity index (χ2n) is 5.84. The Labute approximate surface area is 133 Å². The van der Waals surface area contributed by atoms with Crippen molar-refractivity contribution >= 4 is 17.2 Å². The lowest BCUT2D eigenvalue weighted by Crippen LogP contribution is -2.23. The molecule has 2 N–H and O–H groups in total. The van der Waals surface area contributed by atoms with E-state index in [0.717, 1.165) is 36.8 Å². The quantitative estimate of drug-likeness (QED) is 0.591. The van der Waals surface area contributed by atoms with Crippen LogP contribution in [-0.2, 0) is 0 Å². The zero-order chi connectivity index (χ0) is 15.1. The number of nitrogens with two attached hydrogens (primary N) is 1. The third-order valence-electron chi connectivity index (χ3n) is 4.07. The minimum atomic E-state index is 0.416. The van der Waals surface area contributed by atoms with Gasteiger partial charge in [0.05, 0.1) is 6.61 Å². The highest BCUT2D eigenvalue weighted by atomic mass is 32.1. The molecule has 1 fully saturated rings. The zero-order valence-corrected chi connectivity index (χ0v) is 13.7. The van der Waals surface area contributed by atoms with Crippen molar-refractivity contribution < 1.29 is 4.74 Å². The fraction of sp³-hybridized carbons (Fsp3) is 0.588. The first kappa shape index (κ1) is 16.2. The molecule has 0 spiro atoms. The van der Waals surface area contributed by atoms with Crippen LogP contribution >= 0.6 is 12.2 Å². The number of ether oxygens (including phenoxy) is 1. The first-order valence-corrected chi connectivity index (χ1v) is 8.35. The van der Waals surface area contributed by atoms with E-state index in [-0.39, 0.29) is 0 Å². The van der Waals surface area contributed by atoms with Gasteiger partial charge in [0.1, 0.15) is 10.7 Å². The van der Waals surface area contributed by atoms with E-state index in [4.69, 9.17) is 22.7 Å². The minimum absolute atomic E-state index is 0.416. The summed E-state index contributed by atoms with van der Waals surface area (Å²) >= 11 is 4.98. The highest BCUT2D eigenvalue weighted by Gasteiger charge is 2.20. The van der Waals surface area contributed by atoms with Gasteiger partial charge in [-0.2, -0.15) is 0 Å². The minimum Gasteiger partial charge on any atom is -0.494 e. The molecule has 0 radical (unpaired) electrons. The lowest BCUT2D eigenvalue weighted by molar-refractivity contribution is 0.257. The van der Waals surface area contributed by atoms with Crippen LogP contribution in [0.1, 0.15) is 38.2 Å². The maximum atomic E-state index is 5.79. The normalized spacial score (nSPS) is 18.8. The van der Waals surface area contributed by atoms with Gasteiger partial charge in [-0.1, -0.05) is 37.7 Å². The molecular weight excluding hydrogens is 280 g/mol. The number of benzene rings is 1. The first-order chi connectivity index (χ1) is 10.2. The molecular formula is C17H26N2OS. The molecule has 0 amide bonds. The first-order valence-electron chi connectivity index (χ1n) is 7.94. The summed E-state index contributed by atoms with van der Waals surface area (Å²) in [5.41, 5.74) is 6.49. The average molecular weight is 306 g/mol. The Balaban J connectivity index is 1.66. The molecule has 1 aromatic rings. The Kier molecular flexibility index (Phi) is 6.46. The zero-order valence-electron chi connectivity index (χ0n) is 12.9. The number of rotatable bonds is 8. The van der Waals surface area contributed by atoms with E-state index in [1.54, 1.807) is 0 Å². The van der Waals surface area contributed by atoms with Crippen LogP contribution in [0.25, 0.3) is 0 Å². The third-order valence-corrected chi connectivity index (χ3v) is 4.31. The van der Waals surface area contributed by atoms with Gasteiger partial charge in [-0.3, -0.25) is 0 Å². The molecule has 1 saturated heterocycles. The van der Waals surface area contributed by atoms with Crippen molar-refractivity contribution in [1.82, 2.24) is 4.90 Å². The van der Waals surface area contributed by atoms with Crippen molar-refractivity contribution in [2.45, 2.75) is 32.6 Å². The molecule has 1 atom stereocenters. The summed E-state index contributed by atoms with van der Waals surface area (Å²) in [7, 11) is 0. The number of hydrogen-bond acceptors (Lipinski definition) is 3. The number of thiocarbonyl (C=S) groups is 1. The van der Waals surface area contributed by atoms with Gasteiger partial charge < -0.3 is 15.4 Å². The van der Waals surface area contributed by atoms with Crippen molar-refractivity contribution in [2.75, 3.05) is 26.2 Å². The van der Waals surface area contributed by atoms with Crippen LogP contribution in [0.2, 0.25) is 0 Å². The van der Waals surface area contributed by atoms with Gasteiger partial charge in [-0.25, -0.2) is 0 Å². The fourth-order valence-corrected chi connectivity index (χ4v) is 3.10. The van der Waals surface area contributed by atoms with Crippen molar-refractivity contribution in [1.29, 1.82) is 0 Å². The molecule has 1 aliphatic heterocycles. The summed E-state index contributed by atoms with van der Waals surface area (Å²) < 4.78 is 5.79. The highest BCUT2D eigenvalue weighted by molar-refractivity contribution is 7.80. The molecule has 1 aliphatic rings. The van der Waals surface area contributed by atoms with Crippen molar-refractivity contribution in [3.05, 3.63) is 29.8 Å². The van der Waals surface area contributed by atoms with Crippen LogP contribution in [0.15, 0.2) is 24.3 Å². The molecule has 2 rings (SSSR count). The Bertz CT molecular complexity index is 464. The van der Waals surface area contributed by atoms with Crippen LogP contribution in [0, 0.1) is 5.92 Å². The molecule has 0 aromatic heterocycles. The van der Waals surface area contributed by atoms with Gasteiger partial charge in [0, 0.05) is 18.7 Å². The SMILES string of the molecule is CCCC1CCN(CCCOc2cccc(C(N)=S)c2)C1. The van der Waals surface area contributed by atoms with Crippen molar-refractivity contribution in [3.63, 3.8) is 0 Å². The van der Waals surface area contributed by atoms with Gasteiger partial charge in [-0.05, 0) is 43.9 Å². The van der Waals surface area contributed by atoms with Crippen LogP contribution in [0.3, 0.4) is 0 Å². The predicted molar refractivity (Wildman–Crippen MR) is 91.9 cm³/mol. The van der Waals surface area contributed by atoms with E-state index in [1.807, 2.05) is 24.3 Å². The van der Waals surface area contributed by atoms with E-state index in [0.29, 0.717) is 4.99 Å². The van der Waals surface area contributed by atoms with E-state index in [1.165, 1.54) is 32.4 Å². The van der Waals surface area contributed by atoms with Crippen LogP contribution in [-0.4, -0.2) is 36.1 Å². The summed E-state index contributed by atoms with van der Waals surface area (Å²) in [5, 5.41) is 0. The molecule has 1 unspecified atom stereocenters. The second-order valence-corrected chi connectivity index (χ2v) is 6.28. The monoisotopic (exact) mass is 306 g/mol. The summed E-state index contributed by atoms with van der Waals surface area (Å²) in [6, 6.07) is 7.71. The molecule has 0 aliphatic carbocycles. The van der Waals surface area contributed by atoms with Crippen LogP contribution < -0.4 is 10.5 Å². The van der Waals surface area contributed by atoms with Gasteiger partial charge in [-0.15, -0.1) is 0 Å². The molecule has 0 saturated carbocycles. The Morgan fingerprint density at radius 3 is 3.10 bits per heavy atom. The maximum absolute atomic E-state index is 5.79.